The Labute approximate surface area is 120 Å². The van der Waals surface area contributed by atoms with Crippen molar-refractivity contribution < 1.29 is 0 Å². The molecule has 0 amide bonds. The normalized spacial score (nSPS) is 11.5. The smallest absolute Gasteiger partial charge is 0.162 e. The number of para-hydroxylation sites is 2. The van der Waals surface area contributed by atoms with Gasteiger partial charge in [-0.1, -0.05) is 23.7 Å². The first-order valence-corrected chi connectivity index (χ1v) is 6.67. The van der Waals surface area contributed by atoms with Crippen LogP contribution >= 0.6 is 11.6 Å². The van der Waals surface area contributed by atoms with E-state index in [9.17, 15) is 0 Å². The van der Waals surface area contributed by atoms with Crippen LogP contribution in [-0.2, 0) is 7.05 Å². The van der Waals surface area contributed by atoms with Gasteiger partial charge in [0.2, 0.25) is 0 Å². The topological polar surface area (TPSA) is 46.5 Å². The van der Waals surface area contributed by atoms with Crippen LogP contribution in [0.15, 0.2) is 42.5 Å². The van der Waals surface area contributed by atoms with Crippen LogP contribution < -0.4 is 0 Å². The molecule has 0 atom stereocenters. The molecule has 0 unspecified atom stereocenters. The zero-order valence-corrected chi connectivity index (χ0v) is 11.5. The molecular weight excluding hydrogens is 272 g/mol. The lowest BCUT2D eigenvalue weighted by atomic mass is 10.2. The van der Waals surface area contributed by atoms with Crippen molar-refractivity contribution in [1.29, 1.82) is 0 Å². The molecule has 2 aromatic heterocycles. The van der Waals surface area contributed by atoms with Crippen molar-refractivity contribution in [3.8, 4) is 11.5 Å². The van der Waals surface area contributed by atoms with Gasteiger partial charge in [-0.3, -0.25) is 5.10 Å². The number of benzene rings is 2. The summed E-state index contributed by atoms with van der Waals surface area (Å²) in [6, 6.07) is 13.8. The summed E-state index contributed by atoms with van der Waals surface area (Å²) in [6.07, 6.45) is 0. The molecule has 4 nitrogen and oxygen atoms in total. The summed E-state index contributed by atoms with van der Waals surface area (Å²) in [6.45, 7) is 0. The lowest BCUT2D eigenvalue weighted by Crippen LogP contribution is -1.93. The molecule has 1 N–H and O–H groups in total. The highest BCUT2D eigenvalue weighted by atomic mass is 35.5. The quantitative estimate of drug-likeness (QED) is 0.578. The first-order chi connectivity index (χ1) is 9.74. The number of fused-ring (bicyclic) bond motifs is 2. The Hall–Kier alpha value is -2.33. The SMILES string of the molecule is Cn1c(-c2n[nH]c3cc(Cl)ccc23)nc2ccccc21. The number of aromatic nitrogens is 4. The minimum absolute atomic E-state index is 0.692. The molecule has 2 aromatic carbocycles. The standard InChI is InChI=1S/C15H11ClN4/c1-20-13-5-3-2-4-11(13)17-15(20)14-10-7-6-9(16)8-12(10)18-19-14/h2-8H,1H3,(H,18,19). The molecule has 5 heteroatoms. The van der Waals surface area contributed by atoms with E-state index in [2.05, 4.69) is 25.8 Å². The Balaban J connectivity index is 2.03. The van der Waals surface area contributed by atoms with Gasteiger partial charge in [-0.2, -0.15) is 5.10 Å². The number of halogens is 1. The average Bonchev–Trinajstić information content (AvgIpc) is 3.00. The van der Waals surface area contributed by atoms with Gasteiger partial charge in [0.1, 0.15) is 5.69 Å². The molecule has 0 saturated heterocycles. The van der Waals surface area contributed by atoms with E-state index in [0.717, 1.165) is 33.5 Å². The molecule has 0 radical (unpaired) electrons. The molecule has 2 heterocycles. The van der Waals surface area contributed by atoms with Gasteiger partial charge in [-0.25, -0.2) is 4.98 Å². The Morgan fingerprint density at radius 3 is 2.85 bits per heavy atom. The number of hydrogen-bond donors (Lipinski definition) is 1. The minimum Gasteiger partial charge on any atom is -0.326 e. The number of rotatable bonds is 1. The van der Waals surface area contributed by atoms with Crippen LogP contribution in [0.4, 0.5) is 0 Å². The van der Waals surface area contributed by atoms with Crippen LogP contribution in [0, 0.1) is 0 Å². The zero-order valence-electron chi connectivity index (χ0n) is 10.8. The summed E-state index contributed by atoms with van der Waals surface area (Å²) < 4.78 is 2.06. The lowest BCUT2D eigenvalue weighted by molar-refractivity contribution is 0.946. The molecule has 0 bridgehead atoms. The van der Waals surface area contributed by atoms with Crippen LogP contribution in [0.2, 0.25) is 5.02 Å². The molecule has 0 aliphatic rings. The van der Waals surface area contributed by atoms with Crippen molar-refractivity contribution in [2.75, 3.05) is 0 Å². The fourth-order valence-corrected chi connectivity index (χ4v) is 2.69. The maximum atomic E-state index is 6.00. The second-order valence-electron chi connectivity index (χ2n) is 4.75. The lowest BCUT2D eigenvalue weighted by Gasteiger charge is -1.99. The van der Waals surface area contributed by atoms with E-state index in [1.165, 1.54) is 0 Å². The monoisotopic (exact) mass is 282 g/mol. The molecule has 0 spiro atoms. The van der Waals surface area contributed by atoms with E-state index < -0.39 is 0 Å². The Morgan fingerprint density at radius 2 is 2.00 bits per heavy atom. The number of aryl methyl sites for hydroxylation is 1. The van der Waals surface area contributed by atoms with Gasteiger partial charge in [-0.15, -0.1) is 0 Å². The van der Waals surface area contributed by atoms with E-state index in [0.29, 0.717) is 5.02 Å². The highest BCUT2D eigenvalue weighted by Gasteiger charge is 2.15. The molecule has 4 aromatic rings. The number of aromatic amines is 1. The number of H-pyrrole nitrogens is 1. The summed E-state index contributed by atoms with van der Waals surface area (Å²) in [7, 11) is 2.00. The van der Waals surface area contributed by atoms with E-state index in [1.807, 2.05) is 43.4 Å². The van der Waals surface area contributed by atoms with Crippen molar-refractivity contribution in [3.63, 3.8) is 0 Å². The average molecular weight is 283 g/mol. The highest BCUT2D eigenvalue weighted by molar-refractivity contribution is 6.31. The van der Waals surface area contributed by atoms with E-state index >= 15 is 0 Å². The molecular formula is C15H11ClN4. The maximum Gasteiger partial charge on any atom is 0.162 e. The number of hydrogen-bond acceptors (Lipinski definition) is 2. The molecule has 0 aliphatic carbocycles. The van der Waals surface area contributed by atoms with Crippen LogP contribution in [0.5, 0.6) is 0 Å². The van der Waals surface area contributed by atoms with Crippen LogP contribution in [0.1, 0.15) is 0 Å². The molecule has 4 rings (SSSR count). The predicted molar refractivity (Wildman–Crippen MR) is 80.8 cm³/mol. The van der Waals surface area contributed by atoms with Gasteiger partial charge in [0.25, 0.3) is 0 Å². The first-order valence-electron chi connectivity index (χ1n) is 6.29. The number of nitrogens with zero attached hydrogens (tertiary/aromatic N) is 3. The summed E-state index contributed by atoms with van der Waals surface area (Å²) in [5.74, 6) is 0.847. The molecule has 0 aliphatic heterocycles. The zero-order chi connectivity index (χ0) is 13.7. The van der Waals surface area contributed by atoms with E-state index in [1.54, 1.807) is 0 Å². The largest absolute Gasteiger partial charge is 0.326 e. The van der Waals surface area contributed by atoms with Crippen LogP contribution in [0.3, 0.4) is 0 Å². The van der Waals surface area contributed by atoms with Crippen molar-refractivity contribution >= 4 is 33.5 Å². The van der Waals surface area contributed by atoms with Crippen LogP contribution in [-0.4, -0.2) is 19.7 Å². The molecule has 0 fully saturated rings. The predicted octanol–water partition coefficient (Wildman–Crippen LogP) is 3.77. The fraction of sp³-hybridized carbons (Fsp3) is 0.0667. The Kier molecular flexibility index (Phi) is 2.35. The summed E-state index contributed by atoms with van der Waals surface area (Å²) >= 11 is 6.00. The first kappa shape index (κ1) is 11.5. The third-order valence-corrected chi connectivity index (χ3v) is 3.76. The third kappa shape index (κ3) is 1.55. The fourth-order valence-electron chi connectivity index (χ4n) is 2.52. The number of imidazole rings is 1. The van der Waals surface area contributed by atoms with Crippen LogP contribution in [0.25, 0.3) is 33.5 Å². The third-order valence-electron chi connectivity index (χ3n) is 3.52. The van der Waals surface area contributed by atoms with Gasteiger partial charge >= 0.3 is 0 Å². The summed E-state index contributed by atoms with van der Waals surface area (Å²) in [5, 5.41) is 9.12. The summed E-state index contributed by atoms with van der Waals surface area (Å²) in [4.78, 5) is 4.67. The van der Waals surface area contributed by atoms with Crippen molar-refractivity contribution in [1.82, 2.24) is 19.7 Å². The van der Waals surface area contributed by atoms with Crippen molar-refractivity contribution in [2.45, 2.75) is 0 Å². The molecule has 0 saturated carbocycles. The van der Waals surface area contributed by atoms with Gasteiger partial charge in [0.15, 0.2) is 5.82 Å². The van der Waals surface area contributed by atoms with Crippen molar-refractivity contribution in [3.05, 3.63) is 47.5 Å². The second kappa shape index (κ2) is 4.08. The maximum absolute atomic E-state index is 6.00. The molecule has 20 heavy (non-hydrogen) atoms. The second-order valence-corrected chi connectivity index (χ2v) is 5.18. The van der Waals surface area contributed by atoms with Gasteiger partial charge < -0.3 is 4.57 Å². The Bertz CT molecular complexity index is 936. The minimum atomic E-state index is 0.692. The van der Waals surface area contributed by atoms with Gasteiger partial charge in [0, 0.05) is 17.5 Å². The van der Waals surface area contributed by atoms with E-state index in [-0.39, 0.29) is 0 Å². The number of nitrogens with one attached hydrogen (secondary N) is 1. The highest BCUT2D eigenvalue weighted by Crippen LogP contribution is 2.29. The summed E-state index contributed by atoms with van der Waals surface area (Å²) in [5.41, 5.74) is 3.82. The van der Waals surface area contributed by atoms with Gasteiger partial charge in [0.05, 0.1) is 16.6 Å². The van der Waals surface area contributed by atoms with E-state index in [4.69, 9.17) is 11.6 Å². The molecule has 98 valence electrons. The Morgan fingerprint density at radius 1 is 1.15 bits per heavy atom. The van der Waals surface area contributed by atoms with Crippen molar-refractivity contribution in [2.24, 2.45) is 7.05 Å². The van der Waals surface area contributed by atoms with Gasteiger partial charge in [-0.05, 0) is 30.3 Å².